The molecule has 3 rings (SSSR count). The molecule has 1 aliphatic carbocycles. The molecular weight excluding hydrogens is 246 g/mol. The van der Waals surface area contributed by atoms with E-state index in [2.05, 4.69) is 4.98 Å². The molecule has 5 nitrogen and oxygen atoms in total. The fraction of sp³-hybridized carbons (Fsp3) is 0.429. The quantitative estimate of drug-likeness (QED) is 0.869. The molecule has 0 atom stereocenters. The molecule has 1 aliphatic rings. The third-order valence-corrected chi connectivity index (χ3v) is 4.09. The summed E-state index contributed by atoms with van der Waals surface area (Å²) in [5.74, 6) is -1.36. The maximum atomic E-state index is 11.8. The van der Waals surface area contributed by atoms with Crippen LogP contribution in [0.5, 0.6) is 0 Å². The number of para-hydroxylation sites is 1. The number of hydrogen-bond donors (Lipinski definition) is 2. The van der Waals surface area contributed by atoms with Crippen LogP contribution in [-0.2, 0) is 10.2 Å². The highest BCUT2D eigenvalue weighted by Crippen LogP contribution is 2.41. The summed E-state index contributed by atoms with van der Waals surface area (Å²) in [6, 6.07) is 5.20. The van der Waals surface area contributed by atoms with Crippen molar-refractivity contribution in [3.8, 4) is 0 Å². The SMILES string of the molecule is O=C(O)C1(c2cccc3oc(=O)[nH]c23)CCCCC1. The molecule has 1 aromatic heterocycles. The number of fused-ring (bicyclic) bond motifs is 1. The first kappa shape index (κ1) is 12.0. The van der Waals surface area contributed by atoms with Crippen molar-refractivity contribution >= 4 is 17.1 Å². The highest BCUT2D eigenvalue weighted by molar-refractivity contribution is 5.89. The first-order valence-corrected chi connectivity index (χ1v) is 6.49. The van der Waals surface area contributed by atoms with Crippen molar-refractivity contribution in [3.63, 3.8) is 0 Å². The van der Waals surface area contributed by atoms with Gasteiger partial charge in [0.1, 0.15) is 0 Å². The zero-order chi connectivity index (χ0) is 13.5. The number of aromatic amines is 1. The van der Waals surface area contributed by atoms with E-state index < -0.39 is 17.1 Å². The number of H-pyrrole nitrogens is 1. The van der Waals surface area contributed by atoms with Crippen LogP contribution in [0.15, 0.2) is 27.4 Å². The van der Waals surface area contributed by atoms with Gasteiger partial charge in [0.15, 0.2) is 5.58 Å². The second-order valence-electron chi connectivity index (χ2n) is 5.14. The molecule has 0 bridgehead atoms. The smallest absolute Gasteiger partial charge is 0.417 e. The van der Waals surface area contributed by atoms with Crippen LogP contribution in [0.25, 0.3) is 11.1 Å². The summed E-state index contributed by atoms with van der Waals surface area (Å²) >= 11 is 0. The number of benzene rings is 1. The largest absolute Gasteiger partial charge is 0.481 e. The fourth-order valence-electron chi connectivity index (χ4n) is 3.13. The van der Waals surface area contributed by atoms with Gasteiger partial charge in [0.25, 0.3) is 0 Å². The number of oxazole rings is 1. The topological polar surface area (TPSA) is 83.3 Å². The van der Waals surface area contributed by atoms with Crippen LogP contribution >= 0.6 is 0 Å². The van der Waals surface area contributed by atoms with Crippen molar-refractivity contribution in [2.75, 3.05) is 0 Å². The Hall–Kier alpha value is -2.04. The second-order valence-corrected chi connectivity index (χ2v) is 5.14. The lowest BCUT2D eigenvalue weighted by molar-refractivity contribution is -0.145. The van der Waals surface area contributed by atoms with Crippen molar-refractivity contribution in [2.45, 2.75) is 37.5 Å². The molecule has 0 saturated heterocycles. The Balaban J connectivity index is 2.25. The highest BCUT2D eigenvalue weighted by Gasteiger charge is 2.42. The Morgan fingerprint density at radius 2 is 2.00 bits per heavy atom. The van der Waals surface area contributed by atoms with Gasteiger partial charge in [-0.3, -0.25) is 9.78 Å². The second kappa shape index (κ2) is 4.26. The summed E-state index contributed by atoms with van der Waals surface area (Å²) in [6.45, 7) is 0. The summed E-state index contributed by atoms with van der Waals surface area (Å²) in [5.41, 5.74) is 0.721. The zero-order valence-corrected chi connectivity index (χ0v) is 10.4. The van der Waals surface area contributed by atoms with E-state index in [4.69, 9.17) is 4.42 Å². The van der Waals surface area contributed by atoms with E-state index >= 15 is 0 Å². The van der Waals surface area contributed by atoms with E-state index in [9.17, 15) is 14.7 Å². The van der Waals surface area contributed by atoms with E-state index in [-0.39, 0.29) is 0 Å². The summed E-state index contributed by atoms with van der Waals surface area (Å²) in [4.78, 5) is 25.8. The Labute approximate surface area is 109 Å². The van der Waals surface area contributed by atoms with Crippen molar-refractivity contribution in [1.29, 1.82) is 0 Å². The molecular formula is C14H15NO4. The maximum Gasteiger partial charge on any atom is 0.417 e. The van der Waals surface area contributed by atoms with Gasteiger partial charge in [-0.05, 0) is 24.5 Å². The van der Waals surface area contributed by atoms with Gasteiger partial charge in [-0.2, -0.15) is 0 Å². The van der Waals surface area contributed by atoms with E-state index in [1.165, 1.54) is 0 Å². The number of nitrogens with one attached hydrogen (secondary N) is 1. The first-order valence-electron chi connectivity index (χ1n) is 6.49. The summed E-state index contributed by atoms with van der Waals surface area (Å²) < 4.78 is 5.02. The molecule has 0 amide bonds. The van der Waals surface area contributed by atoms with Gasteiger partial charge in [0, 0.05) is 0 Å². The first-order chi connectivity index (χ1) is 9.13. The number of rotatable bonds is 2. The number of carbonyl (C=O) groups is 1. The molecule has 2 aromatic rings. The molecule has 1 heterocycles. The number of aliphatic carboxylic acids is 1. The molecule has 0 unspecified atom stereocenters. The van der Waals surface area contributed by atoms with E-state index in [0.29, 0.717) is 29.5 Å². The van der Waals surface area contributed by atoms with Gasteiger partial charge in [-0.25, -0.2) is 4.79 Å². The monoisotopic (exact) mass is 261 g/mol. The van der Waals surface area contributed by atoms with Gasteiger partial charge in [0.05, 0.1) is 10.9 Å². The average molecular weight is 261 g/mol. The number of aromatic nitrogens is 1. The van der Waals surface area contributed by atoms with Gasteiger partial charge < -0.3 is 9.52 Å². The molecule has 5 heteroatoms. The third-order valence-electron chi connectivity index (χ3n) is 4.09. The molecule has 100 valence electrons. The van der Waals surface area contributed by atoms with Crippen molar-refractivity contribution in [1.82, 2.24) is 4.98 Å². The van der Waals surface area contributed by atoms with E-state index in [1.807, 2.05) is 0 Å². The molecule has 2 N–H and O–H groups in total. The fourth-order valence-corrected chi connectivity index (χ4v) is 3.13. The van der Waals surface area contributed by atoms with Crippen LogP contribution in [0.3, 0.4) is 0 Å². The van der Waals surface area contributed by atoms with Crippen LogP contribution in [0.4, 0.5) is 0 Å². The van der Waals surface area contributed by atoms with Crippen LogP contribution in [0.2, 0.25) is 0 Å². The lowest BCUT2D eigenvalue weighted by Gasteiger charge is -2.33. The number of hydrogen-bond acceptors (Lipinski definition) is 3. The van der Waals surface area contributed by atoms with E-state index in [1.54, 1.807) is 18.2 Å². The summed E-state index contributed by atoms with van der Waals surface area (Å²) in [5, 5.41) is 9.69. The zero-order valence-electron chi connectivity index (χ0n) is 10.4. The van der Waals surface area contributed by atoms with Crippen molar-refractivity contribution in [3.05, 3.63) is 34.3 Å². The average Bonchev–Trinajstić information content (AvgIpc) is 2.79. The lowest BCUT2D eigenvalue weighted by Crippen LogP contribution is -2.38. The van der Waals surface area contributed by atoms with Crippen molar-refractivity contribution < 1.29 is 14.3 Å². The van der Waals surface area contributed by atoms with Crippen LogP contribution in [-0.4, -0.2) is 16.1 Å². The lowest BCUT2D eigenvalue weighted by atomic mass is 9.69. The minimum absolute atomic E-state index is 0.425. The maximum absolute atomic E-state index is 11.8. The molecule has 1 fully saturated rings. The highest BCUT2D eigenvalue weighted by atomic mass is 16.4. The number of carboxylic acids is 1. The van der Waals surface area contributed by atoms with Crippen LogP contribution in [0.1, 0.15) is 37.7 Å². The molecule has 1 aromatic carbocycles. The van der Waals surface area contributed by atoms with Gasteiger partial charge in [-0.1, -0.05) is 31.4 Å². The predicted octanol–water partition coefficient (Wildman–Crippen LogP) is 2.41. The Morgan fingerprint density at radius 3 is 2.68 bits per heavy atom. The molecule has 0 spiro atoms. The molecule has 0 radical (unpaired) electrons. The number of carboxylic acid groups (broad SMARTS) is 1. The molecule has 0 aliphatic heterocycles. The summed E-state index contributed by atoms with van der Waals surface area (Å²) in [7, 11) is 0. The van der Waals surface area contributed by atoms with E-state index in [0.717, 1.165) is 19.3 Å². The minimum atomic E-state index is -0.898. The molecule has 19 heavy (non-hydrogen) atoms. The molecule has 1 saturated carbocycles. The predicted molar refractivity (Wildman–Crippen MR) is 69.2 cm³/mol. The Morgan fingerprint density at radius 1 is 1.26 bits per heavy atom. The van der Waals surface area contributed by atoms with Gasteiger partial charge in [-0.15, -0.1) is 0 Å². The minimum Gasteiger partial charge on any atom is -0.481 e. The Bertz CT molecular complexity index is 676. The normalized spacial score (nSPS) is 18.5. The van der Waals surface area contributed by atoms with Crippen LogP contribution < -0.4 is 5.76 Å². The third kappa shape index (κ3) is 1.77. The van der Waals surface area contributed by atoms with Crippen LogP contribution in [0, 0.1) is 0 Å². The van der Waals surface area contributed by atoms with Gasteiger partial charge >= 0.3 is 11.7 Å². The standard InChI is InChI=1S/C14H15NO4/c16-12(17)14(7-2-1-3-8-14)9-5-4-6-10-11(9)15-13(18)19-10/h4-6H,1-3,7-8H2,(H,15,18)(H,16,17). The van der Waals surface area contributed by atoms with Gasteiger partial charge in [0.2, 0.25) is 0 Å². The van der Waals surface area contributed by atoms with Crippen molar-refractivity contribution in [2.24, 2.45) is 0 Å². The Kier molecular flexibility index (Phi) is 2.69. The summed E-state index contributed by atoms with van der Waals surface area (Å²) in [6.07, 6.45) is 4.06.